The summed E-state index contributed by atoms with van der Waals surface area (Å²) in [7, 11) is 0. The number of hydrogen-bond donors (Lipinski definition) is 2. The predicted octanol–water partition coefficient (Wildman–Crippen LogP) is 5.82. The molecule has 3 aromatic carbocycles. The third kappa shape index (κ3) is 5.59. The average molecular weight is 413 g/mol. The first-order chi connectivity index (χ1) is 13.5. The summed E-state index contributed by atoms with van der Waals surface area (Å²) in [5, 5.41) is 6.36. The van der Waals surface area contributed by atoms with Gasteiger partial charge in [-0.3, -0.25) is 9.59 Å². The fraction of sp³-hybridized carbons (Fsp3) is 0.0909. The van der Waals surface area contributed by atoms with Crippen LogP contribution in [0.5, 0.6) is 0 Å². The molecule has 3 rings (SSSR count). The lowest BCUT2D eigenvalue weighted by atomic mass is 10.1. The maximum atomic E-state index is 12.4. The van der Waals surface area contributed by atoms with Crippen molar-refractivity contribution in [2.24, 2.45) is 0 Å². The van der Waals surface area contributed by atoms with Crippen LogP contribution in [-0.2, 0) is 11.2 Å². The molecule has 0 saturated carbocycles. The van der Waals surface area contributed by atoms with E-state index in [4.69, 9.17) is 23.2 Å². The van der Waals surface area contributed by atoms with Crippen LogP contribution in [0.25, 0.3) is 0 Å². The van der Waals surface area contributed by atoms with E-state index in [1.54, 1.807) is 36.4 Å². The van der Waals surface area contributed by atoms with E-state index in [9.17, 15) is 9.59 Å². The van der Waals surface area contributed by atoms with Gasteiger partial charge in [0.05, 0.1) is 10.6 Å². The van der Waals surface area contributed by atoms with E-state index in [1.165, 1.54) is 6.07 Å². The van der Waals surface area contributed by atoms with Crippen LogP contribution in [0.2, 0.25) is 10.0 Å². The van der Waals surface area contributed by atoms with Gasteiger partial charge in [0.25, 0.3) is 5.91 Å². The van der Waals surface area contributed by atoms with Crippen LogP contribution in [-0.4, -0.2) is 11.8 Å². The second kappa shape index (κ2) is 9.40. The summed E-state index contributed by atoms with van der Waals surface area (Å²) in [6, 6.07) is 21.5. The minimum Gasteiger partial charge on any atom is -0.326 e. The van der Waals surface area contributed by atoms with E-state index >= 15 is 0 Å². The van der Waals surface area contributed by atoms with Crippen molar-refractivity contribution in [3.63, 3.8) is 0 Å². The molecule has 6 heteroatoms. The number of carbonyl (C=O) groups excluding carboxylic acids is 2. The fourth-order valence-corrected chi connectivity index (χ4v) is 3.17. The van der Waals surface area contributed by atoms with Crippen molar-refractivity contribution < 1.29 is 9.59 Å². The summed E-state index contributed by atoms with van der Waals surface area (Å²) in [6.07, 6.45) is 1.04. The summed E-state index contributed by atoms with van der Waals surface area (Å²) in [5.41, 5.74) is 2.59. The van der Waals surface area contributed by atoms with Crippen LogP contribution in [0.3, 0.4) is 0 Å². The van der Waals surface area contributed by atoms with Crippen LogP contribution < -0.4 is 10.6 Å². The van der Waals surface area contributed by atoms with Gasteiger partial charge in [-0.25, -0.2) is 0 Å². The molecular weight excluding hydrogens is 395 g/mol. The first kappa shape index (κ1) is 19.9. The minimum atomic E-state index is -0.353. The monoisotopic (exact) mass is 412 g/mol. The van der Waals surface area contributed by atoms with Crippen molar-refractivity contribution >= 4 is 46.4 Å². The van der Waals surface area contributed by atoms with Crippen LogP contribution in [0.15, 0.2) is 72.8 Å². The smallest absolute Gasteiger partial charge is 0.257 e. The van der Waals surface area contributed by atoms with Crippen molar-refractivity contribution in [3.05, 3.63) is 94.0 Å². The van der Waals surface area contributed by atoms with E-state index in [0.29, 0.717) is 34.8 Å². The van der Waals surface area contributed by atoms with Crippen molar-refractivity contribution in [1.29, 1.82) is 0 Å². The number of anilines is 2. The molecule has 0 fully saturated rings. The molecule has 2 N–H and O–H groups in total. The lowest BCUT2D eigenvalue weighted by Crippen LogP contribution is -2.14. The zero-order valence-electron chi connectivity index (χ0n) is 14.9. The summed E-state index contributed by atoms with van der Waals surface area (Å²) in [5.74, 6) is -0.442. The quantitative estimate of drug-likeness (QED) is 0.535. The highest BCUT2D eigenvalue weighted by Crippen LogP contribution is 2.23. The highest BCUT2D eigenvalue weighted by Gasteiger charge is 2.11. The Bertz CT molecular complexity index is 991. The van der Waals surface area contributed by atoms with Gasteiger partial charge in [0.1, 0.15) is 0 Å². The number of carbonyl (C=O) groups is 2. The number of hydrogen-bond acceptors (Lipinski definition) is 2. The third-order valence-corrected chi connectivity index (χ3v) is 4.61. The topological polar surface area (TPSA) is 58.2 Å². The molecule has 0 aliphatic carbocycles. The van der Waals surface area contributed by atoms with Crippen LogP contribution in [0.1, 0.15) is 22.3 Å². The van der Waals surface area contributed by atoms with E-state index in [1.807, 2.05) is 30.3 Å². The molecule has 28 heavy (non-hydrogen) atoms. The molecule has 0 atom stereocenters. The number of nitrogens with one attached hydrogen (secondary N) is 2. The average Bonchev–Trinajstić information content (AvgIpc) is 2.67. The second-order valence-electron chi connectivity index (χ2n) is 6.19. The van der Waals surface area contributed by atoms with Gasteiger partial charge in [-0.1, -0.05) is 59.6 Å². The molecule has 0 aromatic heterocycles. The summed E-state index contributed by atoms with van der Waals surface area (Å²) < 4.78 is 0. The Morgan fingerprint density at radius 1 is 0.786 bits per heavy atom. The number of amides is 2. The first-order valence-corrected chi connectivity index (χ1v) is 9.47. The van der Waals surface area contributed by atoms with E-state index in [-0.39, 0.29) is 16.8 Å². The Morgan fingerprint density at radius 2 is 1.50 bits per heavy atom. The summed E-state index contributed by atoms with van der Waals surface area (Å²) >= 11 is 11.9. The van der Waals surface area contributed by atoms with Gasteiger partial charge < -0.3 is 10.6 Å². The van der Waals surface area contributed by atoms with E-state index in [0.717, 1.165) is 5.56 Å². The highest BCUT2D eigenvalue weighted by atomic mass is 35.5. The highest BCUT2D eigenvalue weighted by molar-refractivity contribution is 6.37. The zero-order valence-corrected chi connectivity index (χ0v) is 16.4. The molecule has 142 valence electrons. The molecule has 0 saturated heterocycles. The number of benzene rings is 3. The van der Waals surface area contributed by atoms with Crippen molar-refractivity contribution in [2.45, 2.75) is 12.8 Å². The SMILES string of the molecule is O=C(CCc1ccccc1)Nc1cccc(NC(=O)c2ccc(Cl)cc2Cl)c1. The van der Waals surface area contributed by atoms with Crippen molar-refractivity contribution in [2.75, 3.05) is 10.6 Å². The standard InChI is InChI=1S/C22H18Cl2N2O2/c23-16-10-11-19(20(24)13-16)22(28)26-18-8-4-7-17(14-18)25-21(27)12-9-15-5-2-1-3-6-15/h1-8,10-11,13-14H,9,12H2,(H,25,27)(H,26,28). The fourth-order valence-electron chi connectivity index (χ4n) is 2.67. The molecule has 0 aliphatic heterocycles. The molecule has 0 spiro atoms. The van der Waals surface area contributed by atoms with Crippen molar-refractivity contribution in [3.8, 4) is 0 Å². The molecule has 0 unspecified atom stereocenters. The maximum Gasteiger partial charge on any atom is 0.257 e. The predicted molar refractivity (Wildman–Crippen MR) is 114 cm³/mol. The van der Waals surface area contributed by atoms with E-state index in [2.05, 4.69) is 10.6 Å². The molecule has 2 amide bonds. The second-order valence-corrected chi connectivity index (χ2v) is 7.04. The minimum absolute atomic E-state index is 0.0897. The molecule has 3 aromatic rings. The van der Waals surface area contributed by atoms with Gasteiger partial charge >= 0.3 is 0 Å². The van der Waals surface area contributed by atoms with Crippen LogP contribution in [0.4, 0.5) is 11.4 Å². The Balaban J connectivity index is 1.60. The van der Waals surface area contributed by atoms with Crippen LogP contribution in [0, 0.1) is 0 Å². The van der Waals surface area contributed by atoms with Gasteiger partial charge in [0.15, 0.2) is 0 Å². The van der Waals surface area contributed by atoms with Gasteiger partial charge in [-0.2, -0.15) is 0 Å². The largest absolute Gasteiger partial charge is 0.326 e. The molecule has 0 radical (unpaired) electrons. The van der Waals surface area contributed by atoms with Gasteiger partial charge in [-0.15, -0.1) is 0 Å². The zero-order chi connectivity index (χ0) is 19.9. The number of aryl methyl sites for hydroxylation is 1. The van der Waals surface area contributed by atoms with E-state index < -0.39 is 0 Å². The summed E-state index contributed by atoms with van der Waals surface area (Å²) in [6.45, 7) is 0. The Labute approximate surface area is 173 Å². The Hall–Kier alpha value is -2.82. The molecule has 4 nitrogen and oxygen atoms in total. The molecule has 0 bridgehead atoms. The first-order valence-electron chi connectivity index (χ1n) is 8.71. The van der Waals surface area contributed by atoms with Gasteiger partial charge in [0, 0.05) is 22.8 Å². The van der Waals surface area contributed by atoms with Gasteiger partial charge in [0.2, 0.25) is 5.91 Å². The molecule has 0 heterocycles. The molecular formula is C22H18Cl2N2O2. The van der Waals surface area contributed by atoms with Crippen molar-refractivity contribution in [1.82, 2.24) is 0 Å². The normalized spacial score (nSPS) is 10.4. The number of rotatable bonds is 6. The maximum absolute atomic E-state index is 12.4. The third-order valence-electron chi connectivity index (χ3n) is 4.06. The molecule has 0 aliphatic rings. The lowest BCUT2D eigenvalue weighted by molar-refractivity contribution is -0.116. The Morgan fingerprint density at radius 3 is 2.21 bits per heavy atom. The van der Waals surface area contributed by atoms with Gasteiger partial charge in [-0.05, 0) is 48.4 Å². The number of halogens is 2. The lowest BCUT2D eigenvalue weighted by Gasteiger charge is -2.10. The Kier molecular flexibility index (Phi) is 6.69. The summed E-state index contributed by atoms with van der Waals surface area (Å²) in [4.78, 5) is 24.6. The van der Waals surface area contributed by atoms with Crippen LogP contribution >= 0.6 is 23.2 Å².